The first-order valence-electron chi connectivity index (χ1n) is 14.3. The third-order valence-electron chi connectivity index (χ3n) is 7.76. The Kier molecular flexibility index (Phi) is 11.0. The standard InChI is InChI=1S/C34H46N4O2/c1-24(2)33(40)38(6)31-18-14-26(15-19-31)21-32(39)37-30(23-36-5)22-28(27-10-8-7-9-11-27)20-25-12-16-29(17-13-25)34(3,4)35/h7-13,16-17,22-24,26,31H,5,14-15,18-21,35H2,1-4,6H3,(H,37,39)/b28-22+,30-23+. The molecule has 6 nitrogen and oxygen atoms in total. The highest BCUT2D eigenvalue weighted by Crippen LogP contribution is 2.30. The van der Waals surface area contributed by atoms with Crippen molar-refractivity contribution >= 4 is 24.1 Å². The first kappa shape index (κ1) is 31.0. The van der Waals surface area contributed by atoms with Gasteiger partial charge in [0, 0.05) is 37.2 Å². The highest BCUT2D eigenvalue weighted by Gasteiger charge is 2.28. The number of nitrogens with two attached hydrogens (primary N) is 1. The predicted molar refractivity (Wildman–Crippen MR) is 166 cm³/mol. The van der Waals surface area contributed by atoms with E-state index < -0.39 is 5.54 Å². The van der Waals surface area contributed by atoms with E-state index in [2.05, 4.69) is 53.4 Å². The summed E-state index contributed by atoms with van der Waals surface area (Å²) in [6.07, 6.45) is 8.47. The maximum atomic E-state index is 13.1. The number of aliphatic imine (C=N–C) groups is 1. The Bertz CT molecular complexity index is 1200. The lowest BCUT2D eigenvalue weighted by Crippen LogP contribution is -2.41. The number of nitrogens with zero attached hydrogens (tertiary/aromatic N) is 2. The summed E-state index contributed by atoms with van der Waals surface area (Å²) in [5, 5.41) is 3.08. The zero-order chi connectivity index (χ0) is 29.3. The van der Waals surface area contributed by atoms with Crippen LogP contribution < -0.4 is 11.1 Å². The van der Waals surface area contributed by atoms with Gasteiger partial charge in [-0.2, -0.15) is 0 Å². The summed E-state index contributed by atoms with van der Waals surface area (Å²) in [5.41, 5.74) is 10.9. The van der Waals surface area contributed by atoms with E-state index in [0.29, 0.717) is 24.5 Å². The van der Waals surface area contributed by atoms with Crippen molar-refractivity contribution in [2.45, 2.75) is 77.8 Å². The topological polar surface area (TPSA) is 87.8 Å². The average molecular weight is 543 g/mol. The molecular formula is C34H46N4O2. The van der Waals surface area contributed by atoms with Crippen LogP contribution in [0.5, 0.6) is 0 Å². The maximum absolute atomic E-state index is 13.1. The van der Waals surface area contributed by atoms with Gasteiger partial charge in [0.25, 0.3) is 0 Å². The number of allylic oxidation sites excluding steroid dienone is 2. The van der Waals surface area contributed by atoms with Crippen LogP contribution in [0.4, 0.5) is 0 Å². The minimum Gasteiger partial charge on any atom is -0.343 e. The lowest BCUT2D eigenvalue weighted by atomic mass is 9.83. The van der Waals surface area contributed by atoms with E-state index in [9.17, 15) is 9.59 Å². The second kappa shape index (κ2) is 14.2. The van der Waals surface area contributed by atoms with Gasteiger partial charge in [-0.3, -0.25) is 14.6 Å². The van der Waals surface area contributed by atoms with Gasteiger partial charge in [0.05, 0.1) is 5.70 Å². The zero-order valence-electron chi connectivity index (χ0n) is 24.8. The molecule has 2 aromatic carbocycles. The summed E-state index contributed by atoms with van der Waals surface area (Å²) >= 11 is 0. The fourth-order valence-corrected chi connectivity index (χ4v) is 5.35. The van der Waals surface area contributed by atoms with Crippen LogP contribution in [0.1, 0.15) is 76.5 Å². The quantitative estimate of drug-likeness (QED) is 0.261. The van der Waals surface area contributed by atoms with Crippen molar-refractivity contribution in [1.29, 1.82) is 0 Å². The Balaban J connectivity index is 1.69. The highest BCUT2D eigenvalue weighted by atomic mass is 16.2. The molecule has 6 heteroatoms. The van der Waals surface area contributed by atoms with Gasteiger partial charge in [0.2, 0.25) is 11.8 Å². The zero-order valence-corrected chi connectivity index (χ0v) is 24.8. The van der Waals surface area contributed by atoms with Crippen molar-refractivity contribution in [3.8, 4) is 0 Å². The molecular weight excluding hydrogens is 496 g/mol. The lowest BCUT2D eigenvalue weighted by molar-refractivity contribution is -0.136. The number of amides is 2. The summed E-state index contributed by atoms with van der Waals surface area (Å²) in [5.74, 6) is 0.472. The number of hydrogen-bond acceptors (Lipinski definition) is 4. The third kappa shape index (κ3) is 9.02. The van der Waals surface area contributed by atoms with Gasteiger partial charge in [0.15, 0.2) is 0 Å². The molecule has 1 aliphatic carbocycles. The van der Waals surface area contributed by atoms with Crippen LogP contribution in [0.25, 0.3) is 5.57 Å². The number of carbonyl (C=O) groups is 2. The average Bonchev–Trinajstić information content (AvgIpc) is 2.92. The molecule has 3 N–H and O–H groups in total. The summed E-state index contributed by atoms with van der Waals surface area (Å²) in [7, 11) is 1.91. The minimum absolute atomic E-state index is 0.00321. The van der Waals surface area contributed by atoms with Crippen molar-refractivity contribution in [3.63, 3.8) is 0 Å². The van der Waals surface area contributed by atoms with Gasteiger partial charge in [0.1, 0.15) is 0 Å². The fraction of sp³-hybridized carbons (Fsp3) is 0.441. The molecule has 2 amide bonds. The molecule has 1 aliphatic rings. The largest absolute Gasteiger partial charge is 0.343 e. The van der Waals surface area contributed by atoms with Crippen molar-refractivity contribution in [2.75, 3.05) is 7.05 Å². The normalized spacial score (nSPS) is 18.4. The molecule has 0 radical (unpaired) electrons. The van der Waals surface area contributed by atoms with Crippen molar-refractivity contribution in [1.82, 2.24) is 10.2 Å². The summed E-state index contributed by atoms with van der Waals surface area (Å²) in [4.78, 5) is 31.3. The summed E-state index contributed by atoms with van der Waals surface area (Å²) < 4.78 is 0. The van der Waals surface area contributed by atoms with Crippen LogP contribution in [0.3, 0.4) is 0 Å². The second-order valence-corrected chi connectivity index (χ2v) is 11.9. The van der Waals surface area contributed by atoms with E-state index in [0.717, 1.165) is 47.9 Å². The predicted octanol–water partition coefficient (Wildman–Crippen LogP) is 6.23. The van der Waals surface area contributed by atoms with Gasteiger partial charge in [-0.05, 0) is 86.9 Å². The van der Waals surface area contributed by atoms with Crippen LogP contribution in [-0.4, -0.2) is 36.5 Å². The molecule has 0 unspecified atom stereocenters. The Labute approximate surface area is 240 Å². The van der Waals surface area contributed by atoms with E-state index in [-0.39, 0.29) is 23.8 Å². The molecule has 0 aromatic heterocycles. The summed E-state index contributed by atoms with van der Waals surface area (Å²) in [6.45, 7) is 11.5. The Morgan fingerprint density at radius 1 is 1.07 bits per heavy atom. The molecule has 0 bridgehead atoms. The Morgan fingerprint density at radius 3 is 2.25 bits per heavy atom. The number of rotatable bonds is 11. The van der Waals surface area contributed by atoms with Gasteiger partial charge < -0.3 is 16.0 Å². The first-order valence-corrected chi connectivity index (χ1v) is 14.3. The third-order valence-corrected chi connectivity index (χ3v) is 7.76. The van der Waals surface area contributed by atoms with E-state index in [1.807, 2.05) is 63.9 Å². The van der Waals surface area contributed by atoms with E-state index in [1.165, 1.54) is 0 Å². The Hall–Kier alpha value is -3.51. The van der Waals surface area contributed by atoms with Crippen molar-refractivity contribution < 1.29 is 9.59 Å². The first-order chi connectivity index (χ1) is 19.0. The Morgan fingerprint density at radius 2 is 1.70 bits per heavy atom. The number of nitrogens with one attached hydrogen (secondary N) is 1. The molecule has 0 saturated heterocycles. The molecule has 3 rings (SSSR count). The maximum Gasteiger partial charge on any atom is 0.225 e. The van der Waals surface area contributed by atoms with Crippen LogP contribution in [0.2, 0.25) is 0 Å². The molecule has 40 heavy (non-hydrogen) atoms. The minimum atomic E-state index is -0.396. The van der Waals surface area contributed by atoms with Gasteiger partial charge in [-0.1, -0.05) is 68.4 Å². The van der Waals surface area contributed by atoms with Gasteiger partial charge in [-0.25, -0.2) is 0 Å². The molecule has 0 aliphatic heterocycles. The van der Waals surface area contributed by atoms with E-state index in [4.69, 9.17) is 5.73 Å². The number of hydrogen-bond donors (Lipinski definition) is 2. The second-order valence-electron chi connectivity index (χ2n) is 11.9. The highest BCUT2D eigenvalue weighted by molar-refractivity contribution is 5.80. The smallest absolute Gasteiger partial charge is 0.225 e. The van der Waals surface area contributed by atoms with E-state index in [1.54, 1.807) is 6.20 Å². The van der Waals surface area contributed by atoms with Gasteiger partial charge in [-0.15, -0.1) is 0 Å². The number of benzene rings is 2. The van der Waals surface area contributed by atoms with E-state index >= 15 is 0 Å². The summed E-state index contributed by atoms with van der Waals surface area (Å²) in [6, 6.07) is 18.8. The lowest BCUT2D eigenvalue weighted by Gasteiger charge is -2.35. The molecule has 1 saturated carbocycles. The SMILES string of the molecule is C=N/C=C(\C=C(/Cc1ccc(C(C)(C)N)cc1)c1ccccc1)NC(=O)CC1CCC(N(C)C(=O)C(C)C)CC1. The van der Waals surface area contributed by atoms with Crippen LogP contribution >= 0.6 is 0 Å². The van der Waals surface area contributed by atoms with Crippen molar-refractivity contribution in [3.05, 3.63) is 89.3 Å². The van der Waals surface area contributed by atoms with Crippen molar-refractivity contribution in [2.24, 2.45) is 22.6 Å². The molecule has 0 heterocycles. The monoisotopic (exact) mass is 542 g/mol. The van der Waals surface area contributed by atoms with Gasteiger partial charge >= 0.3 is 0 Å². The molecule has 214 valence electrons. The van der Waals surface area contributed by atoms with Crippen LogP contribution in [0, 0.1) is 11.8 Å². The molecule has 0 atom stereocenters. The molecule has 1 fully saturated rings. The number of carbonyl (C=O) groups excluding carboxylic acids is 2. The van der Waals surface area contributed by atoms with Crippen LogP contribution in [-0.2, 0) is 21.5 Å². The molecule has 0 spiro atoms. The van der Waals surface area contributed by atoms with Crippen LogP contribution in [0.15, 0.2) is 77.6 Å². The fourth-order valence-electron chi connectivity index (χ4n) is 5.35. The molecule has 2 aromatic rings.